The molecule has 2 aliphatic carbocycles. The molecule has 0 radical (unpaired) electrons. The second-order valence-corrected chi connectivity index (χ2v) is 3.65. The number of hydrogen-bond donors (Lipinski definition) is 0. The van der Waals surface area contributed by atoms with E-state index in [4.69, 9.17) is 0 Å². The van der Waals surface area contributed by atoms with Gasteiger partial charge in [-0.15, -0.1) is 0 Å². The van der Waals surface area contributed by atoms with E-state index in [1.165, 1.54) is 19.3 Å². The van der Waals surface area contributed by atoms with Crippen molar-refractivity contribution in [1.29, 1.82) is 0 Å². The van der Waals surface area contributed by atoms with Gasteiger partial charge >= 0.3 is 0 Å². The first kappa shape index (κ1) is 6.38. The molecule has 56 valence electrons. The molecular weight excluding hydrogens is 124 g/mol. The van der Waals surface area contributed by atoms with Crippen LogP contribution in [-0.4, -0.2) is 5.78 Å². The molecule has 2 aliphatic rings. The Balaban J connectivity index is 1.92. The van der Waals surface area contributed by atoms with E-state index < -0.39 is 0 Å². The summed E-state index contributed by atoms with van der Waals surface area (Å²) in [6.07, 6.45) is 4.63. The summed E-state index contributed by atoms with van der Waals surface area (Å²) in [7, 11) is 0. The Morgan fingerprint density at radius 2 is 2.40 bits per heavy atom. The van der Waals surface area contributed by atoms with Gasteiger partial charge in [0, 0.05) is 12.3 Å². The summed E-state index contributed by atoms with van der Waals surface area (Å²) in [5.74, 6) is 2.72. The number of Topliss-reactive ketones (excluding diaryl/α,β-unsaturated/α-hetero) is 1. The fourth-order valence-electron chi connectivity index (χ4n) is 2.52. The van der Waals surface area contributed by atoms with E-state index in [2.05, 4.69) is 6.92 Å². The van der Waals surface area contributed by atoms with Crippen molar-refractivity contribution >= 4 is 5.78 Å². The quantitative estimate of drug-likeness (QED) is 0.570. The zero-order chi connectivity index (χ0) is 7.14. The second-order valence-electron chi connectivity index (χ2n) is 3.65. The van der Waals surface area contributed by atoms with E-state index in [0.29, 0.717) is 11.7 Å². The maximum Gasteiger partial charge on any atom is 0.136 e. The van der Waals surface area contributed by atoms with E-state index in [9.17, 15) is 4.79 Å². The fourth-order valence-corrected chi connectivity index (χ4v) is 2.52. The molecule has 0 aromatic carbocycles. The van der Waals surface area contributed by atoms with Gasteiger partial charge in [0.1, 0.15) is 5.78 Å². The van der Waals surface area contributed by atoms with Gasteiger partial charge in [-0.25, -0.2) is 0 Å². The van der Waals surface area contributed by atoms with Crippen molar-refractivity contribution in [2.45, 2.75) is 32.6 Å². The van der Waals surface area contributed by atoms with Gasteiger partial charge in [0.05, 0.1) is 0 Å². The van der Waals surface area contributed by atoms with Gasteiger partial charge in [-0.3, -0.25) is 4.79 Å². The number of rotatable bonds is 2. The summed E-state index contributed by atoms with van der Waals surface area (Å²) in [5, 5.41) is 0. The Bertz CT molecular complexity index is 162. The summed E-state index contributed by atoms with van der Waals surface area (Å²) in [4.78, 5) is 11.1. The molecule has 0 amide bonds. The van der Waals surface area contributed by atoms with Gasteiger partial charge in [-0.2, -0.15) is 0 Å². The van der Waals surface area contributed by atoms with Crippen molar-refractivity contribution in [2.75, 3.05) is 0 Å². The van der Waals surface area contributed by atoms with Gasteiger partial charge < -0.3 is 0 Å². The molecule has 2 fully saturated rings. The lowest BCUT2D eigenvalue weighted by molar-refractivity contribution is -0.119. The molecule has 0 bridgehead atoms. The average molecular weight is 138 g/mol. The number of carbonyl (C=O) groups is 1. The molecule has 2 saturated carbocycles. The zero-order valence-corrected chi connectivity index (χ0v) is 6.47. The summed E-state index contributed by atoms with van der Waals surface area (Å²) in [6, 6.07) is 0. The molecule has 0 heterocycles. The minimum atomic E-state index is 0.528. The van der Waals surface area contributed by atoms with Crippen LogP contribution in [0.2, 0.25) is 0 Å². The van der Waals surface area contributed by atoms with Crippen molar-refractivity contribution in [2.24, 2.45) is 17.8 Å². The third-order valence-electron chi connectivity index (χ3n) is 3.05. The maximum atomic E-state index is 11.1. The van der Waals surface area contributed by atoms with Gasteiger partial charge in [0.25, 0.3) is 0 Å². The van der Waals surface area contributed by atoms with Crippen molar-refractivity contribution in [3.8, 4) is 0 Å². The highest BCUT2D eigenvalue weighted by Crippen LogP contribution is 2.57. The minimum absolute atomic E-state index is 0.528. The molecule has 10 heavy (non-hydrogen) atoms. The van der Waals surface area contributed by atoms with Crippen LogP contribution in [0.25, 0.3) is 0 Å². The number of hydrogen-bond acceptors (Lipinski definition) is 1. The van der Waals surface area contributed by atoms with E-state index in [1.807, 2.05) is 0 Å². The van der Waals surface area contributed by atoms with Crippen LogP contribution >= 0.6 is 0 Å². The molecule has 0 N–H and O–H groups in total. The molecule has 3 atom stereocenters. The average Bonchev–Trinajstić information content (AvgIpc) is 2.45. The number of ketones is 1. The third kappa shape index (κ3) is 0.727. The minimum Gasteiger partial charge on any atom is -0.299 e. The van der Waals surface area contributed by atoms with Crippen molar-refractivity contribution in [3.63, 3.8) is 0 Å². The molecule has 1 nitrogen and oxygen atoms in total. The van der Waals surface area contributed by atoms with Gasteiger partial charge in [0.2, 0.25) is 0 Å². The van der Waals surface area contributed by atoms with Gasteiger partial charge in [0.15, 0.2) is 0 Å². The highest BCUT2D eigenvalue weighted by atomic mass is 16.1. The van der Waals surface area contributed by atoms with Crippen LogP contribution in [0.1, 0.15) is 32.6 Å². The van der Waals surface area contributed by atoms with Crippen molar-refractivity contribution in [1.82, 2.24) is 0 Å². The zero-order valence-electron chi connectivity index (χ0n) is 6.47. The van der Waals surface area contributed by atoms with E-state index in [0.717, 1.165) is 18.3 Å². The Kier molecular flexibility index (Phi) is 1.33. The number of carbonyl (C=O) groups excluding carboxylic acids is 1. The molecule has 0 aromatic heterocycles. The molecular formula is C9H14O. The molecule has 0 aliphatic heterocycles. The summed E-state index contributed by atoms with van der Waals surface area (Å²) < 4.78 is 0. The SMILES string of the molecule is CCCC1[C@H]2C(=O)CC[C@@H]12. The molecule has 0 aromatic rings. The molecule has 2 rings (SSSR count). The third-order valence-corrected chi connectivity index (χ3v) is 3.05. The highest BCUT2D eigenvalue weighted by molar-refractivity contribution is 5.87. The molecule has 1 unspecified atom stereocenters. The molecule has 1 heteroatoms. The molecule has 0 saturated heterocycles. The fraction of sp³-hybridized carbons (Fsp3) is 0.889. The van der Waals surface area contributed by atoms with Crippen LogP contribution in [0.3, 0.4) is 0 Å². The van der Waals surface area contributed by atoms with Crippen molar-refractivity contribution in [3.05, 3.63) is 0 Å². The van der Waals surface area contributed by atoms with Gasteiger partial charge in [-0.1, -0.05) is 13.3 Å². The van der Waals surface area contributed by atoms with Crippen molar-refractivity contribution < 1.29 is 4.79 Å². The lowest BCUT2D eigenvalue weighted by Gasteiger charge is -1.97. The van der Waals surface area contributed by atoms with Crippen LogP contribution in [0.5, 0.6) is 0 Å². The highest BCUT2D eigenvalue weighted by Gasteiger charge is 2.56. The van der Waals surface area contributed by atoms with Crippen LogP contribution in [0, 0.1) is 17.8 Å². The predicted molar refractivity (Wildman–Crippen MR) is 39.6 cm³/mol. The van der Waals surface area contributed by atoms with E-state index >= 15 is 0 Å². The first-order valence-corrected chi connectivity index (χ1v) is 4.37. The van der Waals surface area contributed by atoms with Crippen LogP contribution in [0.15, 0.2) is 0 Å². The smallest absolute Gasteiger partial charge is 0.136 e. The largest absolute Gasteiger partial charge is 0.299 e. The Morgan fingerprint density at radius 1 is 1.60 bits per heavy atom. The summed E-state index contributed by atoms with van der Waals surface area (Å²) in [5.41, 5.74) is 0. The van der Waals surface area contributed by atoms with E-state index in [-0.39, 0.29) is 0 Å². The maximum absolute atomic E-state index is 11.1. The first-order chi connectivity index (χ1) is 4.84. The number of fused-ring (bicyclic) bond motifs is 1. The topological polar surface area (TPSA) is 17.1 Å². The Morgan fingerprint density at radius 3 is 2.90 bits per heavy atom. The monoisotopic (exact) mass is 138 g/mol. The predicted octanol–water partition coefficient (Wildman–Crippen LogP) is 2.01. The Hall–Kier alpha value is -0.330. The van der Waals surface area contributed by atoms with E-state index in [1.54, 1.807) is 0 Å². The van der Waals surface area contributed by atoms with Crippen LogP contribution < -0.4 is 0 Å². The summed E-state index contributed by atoms with van der Waals surface area (Å²) >= 11 is 0. The Labute approximate surface area is 61.8 Å². The molecule has 0 spiro atoms. The second kappa shape index (κ2) is 2.08. The lowest BCUT2D eigenvalue weighted by atomic mass is 10.1. The summed E-state index contributed by atoms with van der Waals surface area (Å²) in [6.45, 7) is 2.21. The van der Waals surface area contributed by atoms with Crippen LogP contribution in [0.4, 0.5) is 0 Å². The lowest BCUT2D eigenvalue weighted by Crippen LogP contribution is -1.98. The standard InChI is InChI=1S/C9H14O/c1-2-3-6-7-4-5-8(10)9(6)7/h6-7,9H,2-5H2,1H3/t6?,7-,9+/m0/s1. The first-order valence-electron chi connectivity index (χ1n) is 4.37. The van der Waals surface area contributed by atoms with Gasteiger partial charge in [-0.05, 0) is 24.7 Å². The normalized spacial score (nSPS) is 43.7. The van der Waals surface area contributed by atoms with Crippen LogP contribution in [-0.2, 0) is 4.79 Å².